The minimum absolute atomic E-state index is 0. The number of primary sulfonamides is 1. The van der Waals surface area contributed by atoms with E-state index >= 15 is 0 Å². The molecule has 4 aromatic rings. The summed E-state index contributed by atoms with van der Waals surface area (Å²) < 4.78 is 35.7. The molecule has 0 fully saturated rings. The lowest BCUT2D eigenvalue weighted by Crippen LogP contribution is -2.12. The highest BCUT2D eigenvalue weighted by Gasteiger charge is 2.13. The van der Waals surface area contributed by atoms with Crippen LogP contribution >= 0.6 is 0 Å². The number of ether oxygens (including phenoxy) is 2. The van der Waals surface area contributed by atoms with Crippen molar-refractivity contribution in [1.82, 2.24) is 14.4 Å². The number of nitrogens with two attached hydrogens (primary N) is 1. The van der Waals surface area contributed by atoms with Gasteiger partial charge in [0.05, 0.1) is 24.8 Å². The lowest BCUT2D eigenvalue weighted by atomic mass is 10.1. The molecule has 4 rings (SSSR count). The Morgan fingerprint density at radius 3 is 2.52 bits per heavy atom. The van der Waals surface area contributed by atoms with Crippen molar-refractivity contribution in [3.63, 3.8) is 0 Å². The first-order valence-corrected chi connectivity index (χ1v) is 10.4. The lowest BCUT2D eigenvalue weighted by Gasteiger charge is -2.13. The highest BCUT2D eigenvalue weighted by molar-refractivity contribution is 7.89. The average molecular weight is 442 g/mol. The number of nitrogens with zero attached hydrogens (tertiary/aromatic N) is 3. The van der Waals surface area contributed by atoms with Crippen molar-refractivity contribution in [2.45, 2.75) is 12.3 Å². The maximum atomic E-state index is 11.7. The van der Waals surface area contributed by atoms with E-state index in [4.69, 9.17) is 19.6 Å². The van der Waals surface area contributed by atoms with Gasteiger partial charge >= 0.3 is 0 Å². The molecule has 0 amide bonds. The summed E-state index contributed by atoms with van der Waals surface area (Å²) in [6, 6.07) is 13.5. The zero-order valence-corrected chi connectivity index (χ0v) is 17.1. The van der Waals surface area contributed by atoms with Crippen molar-refractivity contribution in [3.8, 4) is 22.8 Å². The van der Waals surface area contributed by atoms with Crippen molar-refractivity contribution in [2.24, 2.45) is 5.14 Å². The molecule has 0 saturated carbocycles. The first-order chi connectivity index (χ1) is 14.4. The summed E-state index contributed by atoms with van der Waals surface area (Å²) in [5.41, 5.74) is 2.65. The van der Waals surface area contributed by atoms with E-state index in [1.807, 2.05) is 18.2 Å². The van der Waals surface area contributed by atoms with Crippen molar-refractivity contribution in [1.29, 1.82) is 0 Å². The highest BCUT2D eigenvalue weighted by atomic mass is 32.2. The average Bonchev–Trinajstić information content (AvgIpc) is 3.22. The summed E-state index contributed by atoms with van der Waals surface area (Å²) in [5, 5.41) is 8.38. The van der Waals surface area contributed by atoms with Crippen molar-refractivity contribution >= 4 is 27.3 Å². The van der Waals surface area contributed by atoms with Crippen LogP contribution in [0, 0.1) is 0 Å². The van der Waals surface area contributed by atoms with Crippen LogP contribution in [-0.2, 0) is 10.0 Å². The molecular weight excluding hydrogens is 418 g/mol. The fraction of sp³-hybridized carbons (Fsp3) is 0.143. The number of sulfonamides is 1. The smallest absolute Gasteiger partial charge is 0.238 e. The monoisotopic (exact) mass is 441 g/mol. The molecule has 2 aromatic carbocycles. The third kappa shape index (κ3) is 4.44. The number of nitrogens with one attached hydrogen (secondary N) is 1. The minimum Gasteiger partial charge on any atom is -0.493 e. The van der Waals surface area contributed by atoms with Gasteiger partial charge in [-0.1, -0.05) is 13.5 Å². The fourth-order valence-electron chi connectivity index (χ4n) is 3.03. The van der Waals surface area contributed by atoms with Gasteiger partial charge in [-0.05, 0) is 36.4 Å². The predicted molar refractivity (Wildman–Crippen MR) is 119 cm³/mol. The Kier molecular flexibility index (Phi) is 6.14. The van der Waals surface area contributed by atoms with Crippen LogP contribution < -0.4 is 19.9 Å². The summed E-state index contributed by atoms with van der Waals surface area (Å²) in [6.45, 7) is 0. The molecular formula is C21H23N5O4S. The van der Waals surface area contributed by atoms with Gasteiger partial charge in [0.25, 0.3) is 0 Å². The van der Waals surface area contributed by atoms with Crippen LogP contribution in [0.5, 0.6) is 11.5 Å². The summed E-state index contributed by atoms with van der Waals surface area (Å²) in [7, 11) is -0.679. The Morgan fingerprint density at radius 2 is 1.81 bits per heavy atom. The van der Waals surface area contributed by atoms with Crippen LogP contribution in [0.25, 0.3) is 16.9 Å². The van der Waals surface area contributed by atoms with Gasteiger partial charge in [0, 0.05) is 29.7 Å². The minimum atomic E-state index is -3.82. The van der Waals surface area contributed by atoms with Gasteiger partial charge < -0.3 is 14.8 Å². The third-order valence-corrected chi connectivity index (χ3v) is 5.40. The molecule has 2 aromatic heterocycles. The second kappa shape index (κ2) is 8.62. The Hall–Kier alpha value is -3.63. The Labute approximate surface area is 180 Å². The molecule has 9 nitrogen and oxygen atoms in total. The Morgan fingerprint density at radius 1 is 1.03 bits per heavy atom. The molecule has 10 heteroatoms. The zero-order chi connectivity index (χ0) is 21.3. The van der Waals surface area contributed by atoms with Gasteiger partial charge in [-0.3, -0.25) is 4.40 Å². The Balaban J connectivity index is 0.00000272. The maximum absolute atomic E-state index is 11.7. The van der Waals surface area contributed by atoms with Gasteiger partial charge in [0.15, 0.2) is 11.5 Å². The van der Waals surface area contributed by atoms with Crippen LogP contribution in [-0.4, -0.2) is 37.0 Å². The number of rotatable bonds is 6. The number of anilines is 2. The summed E-state index contributed by atoms with van der Waals surface area (Å²) in [5.74, 6) is 1.65. The molecule has 31 heavy (non-hydrogen) atoms. The van der Waals surface area contributed by atoms with E-state index in [9.17, 15) is 8.42 Å². The molecule has 0 aliphatic rings. The highest BCUT2D eigenvalue weighted by Crippen LogP contribution is 2.32. The molecule has 0 aliphatic carbocycles. The molecule has 2 heterocycles. The van der Waals surface area contributed by atoms with Crippen LogP contribution in [0.4, 0.5) is 11.6 Å². The van der Waals surface area contributed by atoms with Gasteiger partial charge in [-0.2, -0.15) is 0 Å². The van der Waals surface area contributed by atoms with Crippen molar-refractivity contribution in [3.05, 3.63) is 60.9 Å². The second-order valence-corrected chi connectivity index (χ2v) is 7.95. The summed E-state index contributed by atoms with van der Waals surface area (Å²) >= 11 is 0. The fourth-order valence-corrected chi connectivity index (χ4v) is 3.59. The number of methoxy groups -OCH3 is 2. The second-order valence-electron chi connectivity index (χ2n) is 6.39. The summed E-state index contributed by atoms with van der Waals surface area (Å²) in [4.78, 5) is 9.05. The summed E-state index contributed by atoms with van der Waals surface area (Å²) in [6.07, 6.45) is 3.41. The topological polar surface area (TPSA) is 121 Å². The SMILES string of the molecule is C.COc1ccc(-c2cc3nccn3c(Nc3cccc(S(N)(=O)=O)c3)n2)cc1OC. The normalized spacial score (nSPS) is 11.1. The third-order valence-electron chi connectivity index (χ3n) is 4.49. The van der Waals surface area contributed by atoms with E-state index in [-0.39, 0.29) is 12.3 Å². The van der Waals surface area contributed by atoms with Gasteiger partial charge in [0.1, 0.15) is 5.65 Å². The molecule has 0 radical (unpaired) electrons. The number of imidazole rings is 1. The molecule has 0 aliphatic heterocycles. The van der Waals surface area contributed by atoms with Crippen molar-refractivity contribution < 1.29 is 17.9 Å². The molecule has 162 valence electrons. The van der Waals surface area contributed by atoms with E-state index < -0.39 is 10.0 Å². The largest absolute Gasteiger partial charge is 0.493 e. The molecule has 0 atom stereocenters. The van der Waals surface area contributed by atoms with Gasteiger partial charge in [-0.25, -0.2) is 23.5 Å². The van der Waals surface area contributed by atoms with Crippen LogP contribution in [0.1, 0.15) is 7.43 Å². The molecule has 3 N–H and O–H groups in total. The number of fused-ring (bicyclic) bond motifs is 1. The number of aromatic nitrogens is 3. The standard InChI is InChI=1S/C20H19N5O4S.CH4/c1-28-17-7-6-13(10-18(17)29-2)16-12-19-22-8-9-25(19)20(24-16)23-14-4-3-5-15(11-14)30(21,26)27;/h3-12H,1-2H3,(H,23,24)(H2,21,26,27);1H4. The van der Waals surface area contributed by atoms with Crippen LogP contribution in [0.3, 0.4) is 0 Å². The van der Waals surface area contributed by atoms with E-state index in [1.54, 1.807) is 49.2 Å². The predicted octanol–water partition coefficient (Wildman–Crippen LogP) is 3.44. The number of benzene rings is 2. The number of hydrogen-bond donors (Lipinski definition) is 2. The quantitative estimate of drug-likeness (QED) is 0.470. The zero-order valence-electron chi connectivity index (χ0n) is 16.2. The molecule has 0 unspecified atom stereocenters. The first kappa shape index (κ1) is 22.1. The van der Waals surface area contributed by atoms with E-state index in [0.29, 0.717) is 34.5 Å². The van der Waals surface area contributed by atoms with E-state index in [0.717, 1.165) is 5.56 Å². The van der Waals surface area contributed by atoms with Gasteiger partial charge in [0.2, 0.25) is 16.0 Å². The van der Waals surface area contributed by atoms with Crippen molar-refractivity contribution in [2.75, 3.05) is 19.5 Å². The molecule has 0 saturated heterocycles. The maximum Gasteiger partial charge on any atom is 0.238 e. The molecule has 0 bridgehead atoms. The van der Waals surface area contributed by atoms with Gasteiger partial charge in [-0.15, -0.1) is 0 Å². The number of hydrogen-bond acceptors (Lipinski definition) is 7. The van der Waals surface area contributed by atoms with Crippen LogP contribution in [0.2, 0.25) is 0 Å². The molecule has 0 spiro atoms. The van der Waals surface area contributed by atoms with E-state index in [1.165, 1.54) is 12.1 Å². The van der Waals surface area contributed by atoms with Crippen LogP contribution in [0.15, 0.2) is 65.8 Å². The van der Waals surface area contributed by atoms with E-state index in [2.05, 4.69) is 10.3 Å². The Bertz CT molecular complexity index is 1330. The first-order valence-electron chi connectivity index (χ1n) is 8.85. The lowest BCUT2D eigenvalue weighted by molar-refractivity contribution is 0.355.